The molecule has 0 spiro atoms. The van der Waals surface area contributed by atoms with Crippen LogP contribution in [-0.4, -0.2) is 43.1 Å². The summed E-state index contributed by atoms with van der Waals surface area (Å²) in [6.07, 6.45) is 0. The molecule has 4 nitrogen and oxygen atoms in total. The van der Waals surface area contributed by atoms with Crippen molar-refractivity contribution in [1.29, 1.82) is 0 Å². The minimum Gasteiger partial charge on any atom is -0.394 e. The number of aliphatic hydroxyl groups excluding tert-OH is 1. The highest BCUT2D eigenvalue weighted by atomic mass is 127. The van der Waals surface area contributed by atoms with Crippen LogP contribution in [0.2, 0.25) is 0 Å². The second-order valence-corrected chi connectivity index (χ2v) is 4.74. The molecule has 1 aromatic carbocycles. The number of guanidine groups is 1. The van der Waals surface area contributed by atoms with Crippen LogP contribution in [0.15, 0.2) is 40.2 Å². The van der Waals surface area contributed by atoms with Gasteiger partial charge in [-0.15, -0.1) is 35.7 Å². The quantitative estimate of drug-likeness (QED) is 0.217. The number of hydrogen-bond donors (Lipinski definition) is 3. The number of benzene rings is 1. The lowest BCUT2D eigenvalue weighted by molar-refractivity contribution is 0.306. The molecule has 6 heteroatoms. The van der Waals surface area contributed by atoms with E-state index in [1.807, 2.05) is 36.9 Å². The van der Waals surface area contributed by atoms with Gasteiger partial charge in [-0.1, -0.05) is 18.2 Å². The van der Waals surface area contributed by atoms with Gasteiger partial charge in [0.25, 0.3) is 0 Å². The van der Waals surface area contributed by atoms with Gasteiger partial charge >= 0.3 is 0 Å². The van der Waals surface area contributed by atoms with Crippen LogP contribution < -0.4 is 10.6 Å². The Morgan fingerprint density at radius 3 is 2.63 bits per heavy atom. The van der Waals surface area contributed by atoms with E-state index >= 15 is 0 Å². The van der Waals surface area contributed by atoms with Crippen LogP contribution in [0.25, 0.3) is 0 Å². The Balaban J connectivity index is 0.00000324. The molecular weight excluding hydrogens is 373 g/mol. The lowest BCUT2D eigenvalue weighted by Crippen LogP contribution is -2.38. The Bertz CT molecular complexity index is 349. The Hall–Kier alpha value is -0.470. The fourth-order valence-electron chi connectivity index (χ4n) is 1.36. The summed E-state index contributed by atoms with van der Waals surface area (Å²) in [6.45, 7) is 4.20. The van der Waals surface area contributed by atoms with Gasteiger partial charge < -0.3 is 15.7 Å². The van der Waals surface area contributed by atoms with E-state index in [0.29, 0.717) is 6.54 Å². The topological polar surface area (TPSA) is 56.7 Å². The minimum atomic E-state index is 0. The summed E-state index contributed by atoms with van der Waals surface area (Å²) in [7, 11) is 0. The van der Waals surface area contributed by atoms with Crippen molar-refractivity contribution in [3.8, 4) is 0 Å². The Kier molecular flexibility index (Phi) is 12.2. The summed E-state index contributed by atoms with van der Waals surface area (Å²) >= 11 is 1.81. The lowest BCUT2D eigenvalue weighted by atomic mass is 10.4. The fraction of sp³-hybridized carbons (Fsp3) is 0.462. The highest BCUT2D eigenvalue weighted by Gasteiger charge is 1.96. The molecule has 1 rings (SSSR count). The molecule has 1 aromatic rings. The molecule has 0 amide bonds. The van der Waals surface area contributed by atoms with Crippen LogP contribution in [0.3, 0.4) is 0 Å². The van der Waals surface area contributed by atoms with E-state index < -0.39 is 0 Å². The number of thioether (sulfide) groups is 1. The number of aliphatic imine (C=N–C) groups is 1. The third kappa shape index (κ3) is 9.12. The summed E-state index contributed by atoms with van der Waals surface area (Å²) < 4.78 is 0. The molecule has 0 bridgehead atoms. The van der Waals surface area contributed by atoms with E-state index in [4.69, 9.17) is 5.11 Å². The summed E-state index contributed by atoms with van der Waals surface area (Å²) in [5, 5.41) is 15.1. The molecule has 0 aliphatic rings. The zero-order valence-electron chi connectivity index (χ0n) is 11.1. The summed E-state index contributed by atoms with van der Waals surface area (Å²) in [6, 6.07) is 10.3. The SMILES string of the molecule is CCNC(=NCCO)NCCSc1ccccc1.I. The van der Waals surface area contributed by atoms with Gasteiger partial charge in [0.15, 0.2) is 5.96 Å². The van der Waals surface area contributed by atoms with Crippen LogP contribution in [0.4, 0.5) is 0 Å². The van der Waals surface area contributed by atoms with E-state index in [-0.39, 0.29) is 30.6 Å². The van der Waals surface area contributed by atoms with Crippen LogP contribution in [0.1, 0.15) is 6.92 Å². The Morgan fingerprint density at radius 1 is 1.26 bits per heavy atom. The van der Waals surface area contributed by atoms with Crippen molar-refractivity contribution >= 4 is 41.7 Å². The largest absolute Gasteiger partial charge is 0.394 e. The van der Waals surface area contributed by atoms with Crippen LogP contribution in [-0.2, 0) is 0 Å². The Labute approximate surface area is 136 Å². The van der Waals surface area contributed by atoms with E-state index in [9.17, 15) is 0 Å². The van der Waals surface area contributed by atoms with E-state index in [1.54, 1.807) is 0 Å². The number of halogens is 1. The fourth-order valence-corrected chi connectivity index (χ4v) is 2.15. The second-order valence-electron chi connectivity index (χ2n) is 3.57. The predicted octanol–water partition coefficient (Wildman–Crippen LogP) is 1.94. The molecule has 19 heavy (non-hydrogen) atoms. The van der Waals surface area contributed by atoms with Crippen molar-refractivity contribution in [2.24, 2.45) is 4.99 Å². The number of rotatable bonds is 7. The molecule has 3 N–H and O–H groups in total. The average molecular weight is 395 g/mol. The molecule has 0 saturated carbocycles. The summed E-state index contributed by atoms with van der Waals surface area (Å²) in [5.74, 6) is 1.74. The first kappa shape index (κ1) is 18.5. The van der Waals surface area contributed by atoms with Gasteiger partial charge in [0, 0.05) is 23.7 Å². The van der Waals surface area contributed by atoms with E-state index in [2.05, 4.69) is 27.8 Å². The zero-order chi connectivity index (χ0) is 13.1. The molecule has 0 aromatic heterocycles. The summed E-state index contributed by atoms with van der Waals surface area (Å²) in [5.41, 5.74) is 0. The molecule has 0 saturated heterocycles. The van der Waals surface area contributed by atoms with Gasteiger partial charge in [-0.2, -0.15) is 0 Å². The first-order valence-electron chi connectivity index (χ1n) is 6.17. The highest BCUT2D eigenvalue weighted by Crippen LogP contribution is 2.15. The first-order valence-corrected chi connectivity index (χ1v) is 7.16. The smallest absolute Gasteiger partial charge is 0.191 e. The third-order valence-electron chi connectivity index (χ3n) is 2.12. The van der Waals surface area contributed by atoms with Gasteiger partial charge in [0.1, 0.15) is 0 Å². The van der Waals surface area contributed by atoms with Crippen molar-refractivity contribution in [2.75, 3.05) is 32.0 Å². The first-order chi connectivity index (χ1) is 8.86. The van der Waals surface area contributed by atoms with Gasteiger partial charge in [-0.25, -0.2) is 0 Å². The van der Waals surface area contributed by atoms with E-state index in [0.717, 1.165) is 24.8 Å². The molecule has 108 valence electrons. The molecule has 0 atom stereocenters. The number of nitrogens with one attached hydrogen (secondary N) is 2. The van der Waals surface area contributed by atoms with Crippen LogP contribution in [0, 0.1) is 0 Å². The third-order valence-corrected chi connectivity index (χ3v) is 3.13. The normalized spacial score (nSPS) is 10.7. The van der Waals surface area contributed by atoms with Crippen molar-refractivity contribution in [1.82, 2.24) is 10.6 Å². The number of nitrogens with zero attached hydrogens (tertiary/aromatic N) is 1. The average Bonchev–Trinajstić information content (AvgIpc) is 2.42. The molecule has 0 fully saturated rings. The second kappa shape index (κ2) is 12.6. The standard InChI is InChI=1S/C13H21N3OS.HI/c1-2-14-13(15-8-10-17)16-9-11-18-12-6-4-3-5-7-12;/h3-7,17H,2,8-11H2,1H3,(H2,14,15,16);1H. The van der Waals surface area contributed by atoms with Crippen molar-refractivity contribution in [2.45, 2.75) is 11.8 Å². The minimum absolute atomic E-state index is 0. The van der Waals surface area contributed by atoms with Gasteiger partial charge in [0.05, 0.1) is 13.2 Å². The maximum absolute atomic E-state index is 8.74. The van der Waals surface area contributed by atoms with Crippen molar-refractivity contribution in [3.63, 3.8) is 0 Å². The molecule has 0 aliphatic carbocycles. The van der Waals surface area contributed by atoms with Crippen LogP contribution >= 0.6 is 35.7 Å². The molecular formula is C13H22IN3OS. The predicted molar refractivity (Wildman–Crippen MR) is 93.6 cm³/mol. The van der Waals surface area contributed by atoms with Gasteiger partial charge in [-0.05, 0) is 19.1 Å². The maximum atomic E-state index is 8.74. The van der Waals surface area contributed by atoms with Crippen molar-refractivity contribution in [3.05, 3.63) is 30.3 Å². The van der Waals surface area contributed by atoms with E-state index in [1.165, 1.54) is 4.90 Å². The monoisotopic (exact) mass is 395 g/mol. The number of aliphatic hydroxyl groups is 1. The molecule has 0 radical (unpaired) electrons. The van der Waals surface area contributed by atoms with Gasteiger partial charge in [0.2, 0.25) is 0 Å². The lowest BCUT2D eigenvalue weighted by Gasteiger charge is -2.10. The molecule has 0 heterocycles. The summed E-state index contributed by atoms with van der Waals surface area (Å²) in [4.78, 5) is 5.49. The molecule has 0 unspecified atom stereocenters. The molecule has 0 aliphatic heterocycles. The van der Waals surface area contributed by atoms with Gasteiger partial charge in [-0.3, -0.25) is 4.99 Å². The zero-order valence-corrected chi connectivity index (χ0v) is 14.3. The van der Waals surface area contributed by atoms with Crippen LogP contribution in [0.5, 0.6) is 0 Å². The highest BCUT2D eigenvalue weighted by molar-refractivity contribution is 14.0. The maximum Gasteiger partial charge on any atom is 0.191 e. The number of hydrogen-bond acceptors (Lipinski definition) is 3. The van der Waals surface area contributed by atoms with Crippen molar-refractivity contribution < 1.29 is 5.11 Å². The Morgan fingerprint density at radius 2 is 2.00 bits per heavy atom.